The number of carboxylic acid groups (broad SMARTS) is 1. The summed E-state index contributed by atoms with van der Waals surface area (Å²) in [6, 6.07) is 21.9. The zero-order valence-electron chi connectivity index (χ0n) is 20.8. The molecule has 2 heterocycles. The van der Waals surface area contributed by atoms with Gasteiger partial charge in [0.1, 0.15) is 12.4 Å². The van der Waals surface area contributed by atoms with Gasteiger partial charge in [-0.2, -0.15) is 0 Å². The van der Waals surface area contributed by atoms with Crippen molar-refractivity contribution in [1.82, 2.24) is 9.55 Å². The van der Waals surface area contributed by atoms with E-state index in [1.54, 1.807) is 17.0 Å². The topological polar surface area (TPSA) is 97.0 Å². The van der Waals surface area contributed by atoms with Crippen molar-refractivity contribution in [3.8, 4) is 0 Å². The second kappa shape index (κ2) is 10.3. The van der Waals surface area contributed by atoms with Gasteiger partial charge in [-0.15, -0.1) is 0 Å². The lowest BCUT2D eigenvalue weighted by Crippen LogP contribution is -2.31. The van der Waals surface area contributed by atoms with E-state index in [0.717, 1.165) is 41.1 Å². The van der Waals surface area contributed by atoms with Gasteiger partial charge >= 0.3 is 5.97 Å². The van der Waals surface area contributed by atoms with E-state index >= 15 is 0 Å². The Morgan fingerprint density at radius 1 is 1.03 bits per heavy atom. The Kier molecular flexibility index (Phi) is 6.72. The SMILES string of the molecule is CC(C)CCn1c(CN2C(=O)C(=NOCc3ccc(C(=O)O)cc3)c3ccccc32)nc2ccccc21. The van der Waals surface area contributed by atoms with E-state index < -0.39 is 5.97 Å². The summed E-state index contributed by atoms with van der Waals surface area (Å²) in [5.41, 5.74) is 4.63. The first-order valence-electron chi connectivity index (χ1n) is 12.3. The van der Waals surface area contributed by atoms with Crippen LogP contribution in [-0.4, -0.2) is 32.2 Å². The highest BCUT2D eigenvalue weighted by molar-refractivity contribution is 6.54. The number of imidazole rings is 1. The molecule has 8 heteroatoms. The molecule has 0 unspecified atom stereocenters. The van der Waals surface area contributed by atoms with Gasteiger partial charge in [-0.25, -0.2) is 9.78 Å². The average molecular weight is 497 g/mol. The van der Waals surface area contributed by atoms with E-state index in [-0.39, 0.29) is 23.8 Å². The molecule has 8 nitrogen and oxygen atoms in total. The highest BCUT2D eigenvalue weighted by atomic mass is 16.6. The number of benzene rings is 3. The molecule has 0 spiro atoms. The first-order valence-corrected chi connectivity index (χ1v) is 12.3. The number of aromatic carboxylic acids is 1. The summed E-state index contributed by atoms with van der Waals surface area (Å²) in [4.78, 5) is 36.7. The minimum Gasteiger partial charge on any atom is -0.478 e. The monoisotopic (exact) mass is 496 g/mol. The molecule has 1 aliphatic heterocycles. The van der Waals surface area contributed by atoms with Crippen molar-refractivity contribution < 1.29 is 19.5 Å². The predicted molar refractivity (Wildman–Crippen MR) is 142 cm³/mol. The fourth-order valence-corrected chi connectivity index (χ4v) is 4.45. The van der Waals surface area contributed by atoms with Crippen LogP contribution in [0.15, 0.2) is 78.0 Å². The molecule has 0 saturated heterocycles. The van der Waals surface area contributed by atoms with Crippen LogP contribution in [0.5, 0.6) is 0 Å². The lowest BCUT2D eigenvalue weighted by Gasteiger charge is -2.18. The minimum absolute atomic E-state index is 0.115. The third kappa shape index (κ3) is 4.95. The number of rotatable bonds is 9. The molecule has 0 aliphatic carbocycles. The summed E-state index contributed by atoms with van der Waals surface area (Å²) in [7, 11) is 0. The minimum atomic E-state index is -0.987. The number of nitrogens with zero attached hydrogens (tertiary/aromatic N) is 4. The normalized spacial score (nSPS) is 14.1. The molecule has 1 aliphatic rings. The molecule has 0 fully saturated rings. The molecule has 0 radical (unpaired) electrons. The number of para-hydroxylation sites is 3. The predicted octanol–water partition coefficient (Wildman–Crippen LogP) is 5.25. The third-order valence-electron chi connectivity index (χ3n) is 6.45. The van der Waals surface area contributed by atoms with Crippen LogP contribution < -0.4 is 4.90 Å². The number of aryl methyl sites for hydroxylation is 1. The van der Waals surface area contributed by atoms with Crippen LogP contribution in [0.2, 0.25) is 0 Å². The molecule has 37 heavy (non-hydrogen) atoms. The van der Waals surface area contributed by atoms with Crippen LogP contribution >= 0.6 is 0 Å². The number of aromatic nitrogens is 2. The molecule has 1 aromatic heterocycles. The highest BCUT2D eigenvalue weighted by Crippen LogP contribution is 2.31. The molecule has 1 amide bonds. The first-order chi connectivity index (χ1) is 17.9. The third-order valence-corrected chi connectivity index (χ3v) is 6.45. The van der Waals surface area contributed by atoms with E-state index in [1.165, 1.54) is 12.1 Å². The van der Waals surface area contributed by atoms with Gasteiger partial charge in [0.15, 0.2) is 5.71 Å². The zero-order chi connectivity index (χ0) is 25.9. The second-order valence-corrected chi connectivity index (χ2v) is 9.47. The van der Waals surface area contributed by atoms with Crippen LogP contribution in [0.3, 0.4) is 0 Å². The highest BCUT2D eigenvalue weighted by Gasteiger charge is 2.35. The van der Waals surface area contributed by atoms with E-state index in [2.05, 4.69) is 29.6 Å². The van der Waals surface area contributed by atoms with Crippen molar-refractivity contribution in [2.75, 3.05) is 4.90 Å². The Bertz CT molecular complexity index is 1490. The van der Waals surface area contributed by atoms with Gasteiger partial charge in [-0.3, -0.25) is 9.69 Å². The van der Waals surface area contributed by atoms with Crippen molar-refractivity contribution in [2.24, 2.45) is 11.1 Å². The van der Waals surface area contributed by atoms with Crippen molar-refractivity contribution in [2.45, 2.75) is 40.0 Å². The van der Waals surface area contributed by atoms with Crippen molar-refractivity contribution >= 4 is 34.3 Å². The van der Waals surface area contributed by atoms with E-state index in [0.29, 0.717) is 18.0 Å². The number of hydrogen-bond acceptors (Lipinski definition) is 5. The maximum absolute atomic E-state index is 13.5. The number of carboxylic acids is 1. The maximum Gasteiger partial charge on any atom is 0.335 e. The van der Waals surface area contributed by atoms with Gasteiger partial charge in [-0.1, -0.05) is 61.5 Å². The fourth-order valence-electron chi connectivity index (χ4n) is 4.45. The number of anilines is 1. The molecule has 4 aromatic rings. The second-order valence-electron chi connectivity index (χ2n) is 9.47. The molecule has 0 atom stereocenters. The van der Waals surface area contributed by atoms with Crippen LogP contribution in [-0.2, 0) is 29.3 Å². The van der Waals surface area contributed by atoms with Gasteiger partial charge in [0.05, 0.1) is 28.8 Å². The molecule has 1 N–H and O–H groups in total. The number of oxime groups is 1. The Labute approximate surface area is 214 Å². The largest absolute Gasteiger partial charge is 0.478 e. The van der Waals surface area contributed by atoms with Crippen LogP contribution in [0.1, 0.15) is 47.6 Å². The smallest absolute Gasteiger partial charge is 0.335 e. The lowest BCUT2D eigenvalue weighted by molar-refractivity contribution is -0.112. The first kappa shape index (κ1) is 24.2. The Morgan fingerprint density at radius 2 is 1.76 bits per heavy atom. The summed E-state index contributed by atoms with van der Waals surface area (Å²) in [5, 5.41) is 13.3. The van der Waals surface area contributed by atoms with Crippen molar-refractivity contribution in [3.05, 3.63) is 95.3 Å². The van der Waals surface area contributed by atoms with Gasteiger partial charge in [0.25, 0.3) is 5.91 Å². The molecule has 5 rings (SSSR count). The molecule has 0 bridgehead atoms. The van der Waals surface area contributed by atoms with E-state index in [4.69, 9.17) is 14.9 Å². The summed E-state index contributed by atoms with van der Waals surface area (Å²) in [6.07, 6.45) is 1.01. The summed E-state index contributed by atoms with van der Waals surface area (Å²) in [5.74, 6) is 0.133. The summed E-state index contributed by atoms with van der Waals surface area (Å²) < 4.78 is 2.21. The number of fused-ring (bicyclic) bond motifs is 2. The Hall–Kier alpha value is -4.46. The quantitative estimate of drug-likeness (QED) is 0.319. The summed E-state index contributed by atoms with van der Waals surface area (Å²) in [6.45, 7) is 5.65. The Morgan fingerprint density at radius 3 is 2.51 bits per heavy atom. The fraction of sp³-hybridized carbons (Fsp3) is 0.241. The zero-order valence-corrected chi connectivity index (χ0v) is 20.8. The van der Waals surface area contributed by atoms with Crippen molar-refractivity contribution in [3.63, 3.8) is 0 Å². The van der Waals surface area contributed by atoms with E-state index in [9.17, 15) is 9.59 Å². The summed E-state index contributed by atoms with van der Waals surface area (Å²) >= 11 is 0. The average Bonchev–Trinajstić information content (AvgIpc) is 3.38. The maximum atomic E-state index is 13.5. The Balaban J connectivity index is 1.40. The standard InChI is InChI=1S/C29H28N4O4/c1-19(2)15-16-32-25-10-6-4-8-23(25)30-26(32)17-33-24-9-5-3-7-22(24)27(28(33)34)31-37-18-20-11-13-21(14-12-20)29(35)36/h3-14,19H,15-18H2,1-2H3,(H,35,36). The lowest BCUT2D eigenvalue weighted by atomic mass is 10.1. The van der Waals surface area contributed by atoms with Crippen LogP contribution in [0, 0.1) is 5.92 Å². The molecular formula is C29H28N4O4. The van der Waals surface area contributed by atoms with Gasteiger partial charge in [-0.05, 0) is 48.2 Å². The molecular weight excluding hydrogens is 468 g/mol. The van der Waals surface area contributed by atoms with E-state index in [1.807, 2.05) is 42.5 Å². The molecule has 0 saturated carbocycles. The molecule has 3 aromatic carbocycles. The number of hydrogen-bond donors (Lipinski definition) is 1. The molecule has 188 valence electrons. The van der Waals surface area contributed by atoms with Crippen molar-refractivity contribution in [1.29, 1.82) is 0 Å². The van der Waals surface area contributed by atoms with Gasteiger partial charge in [0.2, 0.25) is 0 Å². The van der Waals surface area contributed by atoms with Gasteiger partial charge in [0, 0.05) is 12.1 Å². The number of amides is 1. The van der Waals surface area contributed by atoms with Crippen LogP contribution in [0.25, 0.3) is 11.0 Å². The number of carbonyl (C=O) groups is 2. The number of carbonyl (C=O) groups excluding carboxylic acids is 1. The van der Waals surface area contributed by atoms with Gasteiger partial charge < -0.3 is 14.5 Å². The van der Waals surface area contributed by atoms with Crippen LogP contribution in [0.4, 0.5) is 5.69 Å².